The molecule has 0 amide bonds. The van der Waals surface area contributed by atoms with E-state index in [1.165, 1.54) is 0 Å². The molecule has 6 nitrogen and oxygen atoms in total. The van der Waals surface area contributed by atoms with Crippen LogP contribution in [0.3, 0.4) is 0 Å². The van der Waals surface area contributed by atoms with Gasteiger partial charge in [-0.3, -0.25) is 0 Å². The highest BCUT2D eigenvalue weighted by atomic mass is 32.2. The van der Waals surface area contributed by atoms with Crippen molar-refractivity contribution in [2.24, 2.45) is 5.16 Å². The Labute approximate surface area is 105 Å². The lowest BCUT2D eigenvalue weighted by Gasteiger charge is -2.06. The lowest BCUT2D eigenvalue weighted by Crippen LogP contribution is -2.12. The van der Waals surface area contributed by atoms with Gasteiger partial charge in [0.2, 0.25) is 0 Å². The molecule has 18 heavy (non-hydrogen) atoms. The van der Waals surface area contributed by atoms with E-state index in [0.29, 0.717) is 22.8 Å². The van der Waals surface area contributed by atoms with E-state index >= 15 is 0 Å². The minimum atomic E-state index is -3.03. The number of hydrogen-bond donors (Lipinski definition) is 1. The molecule has 1 heterocycles. The molecule has 1 aliphatic rings. The van der Waals surface area contributed by atoms with Crippen molar-refractivity contribution >= 4 is 15.5 Å². The smallest absolute Gasteiger partial charge is 0.150 e. The van der Waals surface area contributed by atoms with Gasteiger partial charge in [-0.25, -0.2) is 8.42 Å². The summed E-state index contributed by atoms with van der Waals surface area (Å²) in [7, 11) is -3.03. The third kappa shape index (κ3) is 2.92. The predicted octanol–water partition coefficient (Wildman–Crippen LogP) is 0.681. The monoisotopic (exact) mass is 271 g/mol. The molecule has 1 N–H and O–H groups in total. The van der Waals surface area contributed by atoms with Crippen molar-refractivity contribution in [2.75, 3.05) is 25.2 Å². The second-order valence-electron chi connectivity index (χ2n) is 3.97. The Hall–Kier alpha value is -1.76. The number of rotatable bonds is 4. The molecule has 0 saturated carbocycles. The van der Waals surface area contributed by atoms with Crippen molar-refractivity contribution in [2.45, 2.75) is 0 Å². The Morgan fingerprint density at radius 2 is 2.28 bits per heavy atom. The molecular weight excluding hydrogens is 258 g/mol. The number of fused-ring (bicyclic) bond motifs is 1. The van der Waals surface area contributed by atoms with Gasteiger partial charge in [-0.05, 0) is 12.1 Å². The van der Waals surface area contributed by atoms with Gasteiger partial charge in [0.25, 0.3) is 0 Å². The molecule has 0 aromatic heterocycles. The van der Waals surface area contributed by atoms with Gasteiger partial charge < -0.3 is 14.7 Å². The van der Waals surface area contributed by atoms with Gasteiger partial charge in [0, 0.05) is 17.9 Å². The van der Waals surface area contributed by atoms with Crippen LogP contribution >= 0.6 is 0 Å². The standard InChI is InChI=1S/C11H13NO5S/c1-18(14,15)5-4-16-8-2-3-9-10(12-13)7-17-11(9)6-8/h2-3,6,13H,4-5,7H2,1H3. The maximum Gasteiger partial charge on any atom is 0.150 e. The molecule has 0 spiro atoms. The number of sulfone groups is 1. The normalized spacial score (nSPS) is 16.4. The van der Waals surface area contributed by atoms with E-state index in [0.717, 1.165) is 6.26 Å². The van der Waals surface area contributed by atoms with Crippen molar-refractivity contribution in [3.8, 4) is 11.5 Å². The van der Waals surface area contributed by atoms with Crippen LogP contribution in [-0.2, 0) is 9.84 Å². The van der Waals surface area contributed by atoms with Crippen LogP contribution in [0.4, 0.5) is 0 Å². The van der Waals surface area contributed by atoms with E-state index in [1.807, 2.05) is 0 Å². The van der Waals surface area contributed by atoms with Crippen molar-refractivity contribution in [3.63, 3.8) is 0 Å². The highest BCUT2D eigenvalue weighted by Crippen LogP contribution is 2.29. The van der Waals surface area contributed by atoms with Crippen LogP contribution in [0.15, 0.2) is 23.4 Å². The summed E-state index contributed by atoms with van der Waals surface area (Å²) in [5.41, 5.74) is 1.18. The van der Waals surface area contributed by atoms with Gasteiger partial charge in [0.15, 0.2) is 9.84 Å². The number of benzene rings is 1. The molecule has 0 fully saturated rings. The summed E-state index contributed by atoms with van der Waals surface area (Å²) in [4.78, 5) is 0. The van der Waals surface area contributed by atoms with Crippen LogP contribution in [0.2, 0.25) is 0 Å². The highest BCUT2D eigenvalue weighted by molar-refractivity contribution is 7.90. The molecule has 0 unspecified atom stereocenters. The van der Waals surface area contributed by atoms with Crippen LogP contribution in [0.1, 0.15) is 5.56 Å². The van der Waals surface area contributed by atoms with E-state index in [4.69, 9.17) is 14.7 Å². The van der Waals surface area contributed by atoms with Crippen molar-refractivity contribution in [1.29, 1.82) is 0 Å². The topological polar surface area (TPSA) is 85.2 Å². The molecule has 0 atom stereocenters. The first-order valence-corrected chi connectivity index (χ1v) is 7.34. The first kappa shape index (κ1) is 12.7. The summed E-state index contributed by atoms with van der Waals surface area (Å²) in [6.45, 7) is 0.317. The minimum absolute atomic E-state index is 0.0334. The lowest BCUT2D eigenvalue weighted by atomic mass is 10.1. The molecule has 0 saturated heterocycles. The van der Waals surface area contributed by atoms with Crippen LogP contribution < -0.4 is 9.47 Å². The number of nitrogens with zero attached hydrogens (tertiary/aromatic N) is 1. The molecule has 0 aliphatic carbocycles. The molecular formula is C11H13NO5S. The fourth-order valence-electron chi connectivity index (χ4n) is 1.57. The van der Waals surface area contributed by atoms with E-state index in [2.05, 4.69) is 5.16 Å². The summed E-state index contributed by atoms with van der Waals surface area (Å²) in [6, 6.07) is 5.05. The lowest BCUT2D eigenvalue weighted by molar-refractivity contribution is 0.313. The van der Waals surface area contributed by atoms with E-state index in [-0.39, 0.29) is 19.0 Å². The average Bonchev–Trinajstić information content (AvgIpc) is 2.69. The van der Waals surface area contributed by atoms with E-state index < -0.39 is 9.84 Å². The zero-order valence-electron chi connectivity index (χ0n) is 9.79. The van der Waals surface area contributed by atoms with Gasteiger partial charge >= 0.3 is 0 Å². The summed E-state index contributed by atoms with van der Waals surface area (Å²) in [5.74, 6) is 1.06. The third-order valence-electron chi connectivity index (χ3n) is 2.47. The zero-order valence-corrected chi connectivity index (χ0v) is 10.6. The summed E-state index contributed by atoms with van der Waals surface area (Å²) >= 11 is 0. The maximum absolute atomic E-state index is 10.9. The van der Waals surface area contributed by atoms with E-state index in [1.54, 1.807) is 18.2 Å². The van der Waals surface area contributed by atoms with Crippen LogP contribution in [0.5, 0.6) is 11.5 Å². The van der Waals surface area contributed by atoms with Crippen molar-refractivity contribution < 1.29 is 23.1 Å². The number of hydrogen-bond acceptors (Lipinski definition) is 6. The molecule has 1 aromatic carbocycles. The summed E-state index contributed by atoms with van der Waals surface area (Å²) in [5, 5.41) is 11.8. The molecule has 1 aliphatic heterocycles. The Kier molecular flexibility index (Phi) is 3.42. The van der Waals surface area contributed by atoms with Gasteiger partial charge in [0.05, 0.1) is 5.75 Å². The van der Waals surface area contributed by atoms with Crippen LogP contribution in [0, 0.1) is 0 Å². The second-order valence-corrected chi connectivity index (χ2v) is 6.23. The van der Waals surface area contributed by atoms with Crippen LogP contribution in [-0.4, -0.2) is 44.6 Å². The Morgan fingerprint density at radius 1 is 1.50 bits per heavy atom. The van der Waals surface area contributed by atoms with Crippen molar-refractivity contribution in [3.05, 3.63) is 23.8 Å². The fraction of sp³-hybridized carbons (Fsp3) is 0.364. The quantitative estimate of drug-likeness (QED) is 0.643. The minimum Gasteiger partial charge on any atom is -0.492 e. The zero-order chi connectivity index (χ0) is 13.2. The van der Waals surface area contributed by atoms with Gasteiger partial charge in [-0.2, -0.15) is 0 Å². The van der Waals surface area contributed by atoms with Gasteiger partial charge in [0.1, 0.15) is 30.4 Å². The largest absolute Gasteiger partial charge is 0.492 e. The Bertz CT molecular complexity index is 579. The Balaban J connectivity index is 2.05. The SMILES string of the molecule is CS(=O)(=O)CCOc1ccc2c(c1)OCC2=NO. The molecule has 0 bridgehead atoms. The highest BCUT2D eigenvalue weighted by Gasteiger charge is 2.20. The third-order valence-corrected chi connectivity index (χ3v) is 3.38. The molecule has 98 valence electrons. The first-order valence-electron chi connectivity index (χ1n) is 5.28. The fourth-order valence-corrected chi connectivity index (χ4v) is 1.95. The molecule has 7 heteroatoms. The molecule has 2 rings (SSSR count). The maximum atomic E-state index is 10.9. The van der Waals surface area contributed by atoms with Crippen molar-refractivity contribution in [1.82, 2.24) is 0 Å². The average molecular weight is 271 g/mol. The second kappa shape index (κ2) is 4.85. The van der Waals surface area contributed by atoms with E-state index in [9.17, 15) is 8.42 Å². The predicted molar refractivity (Wildman–Crippen MR) is 65.5 cm³/mol. The summed E-state index contributed by atoms with van der Waals surface area (Å²) < 4.78 is 32.5. The first-order chi connectivity index (χ1) is 8.49. The number of ether oxygens (including phenoxy) is 2. The molecule has 1 aromatic rings. The van der Waals surface area contributed by atoms with Gasteiger partial charge in [-0.15, -0.1) is 0 Å². The van der Waals surface area contributed by atoms with Gasteiger partial charge in [-0.1, -0.05) is 5.16 Å². The Morgan fingerprint density at radius 3 is 2.94 bits per heavy atom. The molecule has 0 radical (unpaired) electrons. The summed E-state index contributed by atoms with van der Waals surface area (Å²) in [6.07, 6.45) is 1.16. The van der Waals surface area contributed by atoms with Crippen LogP contribution in [0.25, 0.3) is 0 Å². The number of oxime groups is 1.